The van der Waals surface area contributed by atoms with Gasteiger partial charge in [-0.25, -0.2) is 4.79 Å². The molecular weight excluding hydrogens is 344 g/mol. The fourth-order valence-electron chi connectivity index (χ4n) is 2.39. The zero-order chi connectivity index (χ0) is 20.1. The number of rotatable bonds is 11. The number of unbranched alkanes of at least 4 members (excludes halogenated alkanes) is 3. The van der Waals surface area contributed by atoms with Gasteiger partial charge in [0.25, 0.3) is 0 Å². The summed E-state index contributed by atoms with van der Waals surface area (Å²) in [4.78, 5) is 24.5. The first kappa shape index (κ1) is 23.0. The second-order valence-corrected chi connectivity index (χ2v) is 7.55. The van der Waals surface area contributed by atoms with Crippen LogP contribution in [0.1, 0.15) is 58.9 Å². The third-order valence-electron chi connectivity index (χ3n) is 3.73. The van der Waals surface area contributed by atoms with Crippen LogP contribution >= 0.6 is 0 Å². The van der Waals surface area contributed by atoms with Crippen LogP contribution in [-0.4, -0.2) is 36.8 Å². The smallest absolute Gasteiger partial charge is 0.408 e. The Morgan fingerprint density at radius 1 is 1.07 bits per heavy atom. The van der Waals surface area contributed by atoms with E-state index >= 15 is 0 Å². The van der Waals surface area contributed by atoms with Crippen molar-refractivity contribution in [1.29, 1.82) is 0 Å². The third kappa shape index (κ3) is 11.3. The lowest BCUT2D eigenvalue weighted by atomic mass is 10.2. The number of hydrogen-bond donors (Lipinski definition) is 2. The highest BCUT2D eigenvalue weighted by atomic mass is 16.6. The van der Waals surface area contributed by atoms with E-state index in [1.165, 1.54) is 0 Å². The van der Waals surface area contributed by atoms with Crippen LogP contribution in [0.4, 0.5) is 4.79 Å². The molecule has 0 fully saturated rings. The van der Waals surface area contributed by atoms with Crippen molar-refractivity contribution in [2.24, 2.45) is 0 Å². The van der Waals surface area contributed by atoms with Crippen LogP contribution in [0.25, 0.3) is 0 Å². The summed E-state index contributed by atoms with van der Waals surface area (Å²) < 4.78 is 10.9. The van der Waals surface area contributed by atoms with Crippen LogP contribution in [0, 0.1) is 0 Å². The molecule has 2 N–H and O–H groups in total. The molecule has 0 aliphatic rings. The van der Waals surface area contributed by atoms with Crippen molar-refractivity contribution in [3.05, 3.63) is 35.9 Å². The number of carbonyl (C=O) groups is 2. The van der Waals surface area contributed by atoms with Crippen molar-refractivity contribution < 1.29 is 19.1 Å². The molecule has 0 aliphatic carbocycles. The van der Waals surface area contributed by atoms with Gasteiger partial charge in [0.2, 0.25) is 5.91 Å². The molecule has 6 heteroatoms. The molecule has 1 atom stereocenters. The van der Waals surface area contributed by atoms with Gasteiger partial charge in [0.1, 0.15) is 11.6 Å². The lowest BCUT2D eigenvalue weighted by Crippen LogP contribution is -2.50. The maximum atomic E-state index is 12.5. The minimum Gasteiger partial charge on any atom is -0.444 e. The third-order valence-corrected chi connectivity index (χ3v) is 3.73. The van der Waals surface area contributed by atoms with E-state index in [9.17, 15) is 9.59 Å². The lowest BCUT2D eigenvalue weighted by Gasteiger charge is -2.23. The van der Waals surface area contributed by atoms with E-state index in [1.54, 1.807) is 20.8 Å². The Kier molecular flexibility index (Phi) is 10.5. The monoisotopic (exact) mass is 378 g/mol. The van der Waals surface area contributed by atoms with Crippen LogP contribution < -0.4 is 10.6 Å². The molecule has 0 saturated heterocycles. The van der Waals surface area contributed by atoms with Gasteiger partial charge in [-0.3, -0.25) is 4.79 Å². The fraction of sp³-hybridized carbons (Fsp3) is 0.619. The van der Waals surface area contributed by atoms with Gasteiger partial charge in [-0.2, -0.15) is 0 Å². The van der Waals surface area contributed by atoms with Gasteiger partial charge >= 0.3 is 6.09 Å². The molecule has 0 radical (unpaired) electrons. The molecule has 0 aromatic heterocycles. The maximum absolute atomic E-state index is 12.5. The fourth-order valence-corrected chi connectivity index (χ4v) is 2.39. The highest BCUT2D eigenvalue weighted by Crippen LogP contribution is 2.07. The number of benzene rings is 1. The second kappa shape index (κ2) is 12.3. The molecule has 0 spiro atoms. The van der Waals surface area contributed by atoms with E-state index in [-0.39, 0.29) is 12.5 Å². The highest BCUT2D eigenvalue weighted by molar-refractivity contribution is 5.85. The van der Waals surface area contributed by atoms with Crippen LogP contribution in [0.5, 0.6) is 0 Å². The first-order chi connectivity index (χ1) is 12.8. The number of ether oxygens (including phenoxy) is 2. The predicted molar refractivity (Wildman–Crippen MR) is 106 cm³/mol. The number of amides is 2. The van der Waals surface area contributed by atoms with Crippen molar-refractivity contribution in [1.82, 2.24) is 10.6 Å². The average molecular weight is 379 g/mol. The summed E-state index contributed by atoms with van der Waals surface area (Å²) in [6, 6.07) is 8.89. The zero-order valence-electron chi connectivity index (χ0n) is 17.0. The van der Waals surface area contributed by atoms with Crippen molar-refractivity contribution in [3.8, 4) is 0 Å². The molecule has 0 bridgehead atoms. The van der Waals surface area contributed by atoms with E-state index < -0.39 is 17.7 Å². The van der Waals surface area contributed by atoms with Gasteiger partial charge < -0.3 is 20.1 Å². The Bertz CT molecular complexity index is 555. The quantitative estimate of drug-likeness (QED) is 0.574. The molecule has 0 unspecified atom stereocenters. The lowest BCUT2D eigenvalue weighted by molar-refractivity contribution is -0.124. The highest BCUT2D eigenvalue weighted by Gasteiger charge is 2.24. The van der Waals surface area contributed by atoms with E-state index in [1.807, 2.05) is 30.3 Å². The van der Waals surface area contributed by atoms with Crippen LogP contribution in [0.15, 0.2) is 30.3 Å². The normalized spacial score (nSPS) is 12.3. The summed E-state index contributed by atoms with van der Waals surface area (Å²) in [5.74, 6) is -0.259. The number of carbonyl (C=O) groups excluding carboxylic acids is 2. The van der Waals surface area contributed by atoms with Gasteiger partial charge in [0.05, 0.1) is 13.2 Å². The largest absolute Gasteiger partial charge is 0.444 e. The second-order valence-electron chi connectivity index (χ2n) is 7.55. The van der Waals surface area contributed by atoms with Crippen molar-refractivity contribution >= 4 is 12.0 Å². The first-order valence-corrected chi connectivity index (χ1v) is 9.70. The predicted octanol–water partition coefficient (Wildman–Crippen LogP) is 3.79. The van der Waals surface area contributed by atoms with Gasteiger partial charge in [-0.05, 0) is 32.8 Å². The summed E-state index contributed by atoms with van der Waals surface area (Å²) in [5.41, 5.74) is 0.379. The molecule has 152 valence electrons. The van der Waals surface area contributed by atoms with Crippen molar-refractivity contribution in [2.75, 3.05) is 13.2 Å². The number of hydrogen-bond acceptors (Lipinski definition) is 4. The van der Waals surface area contributed by atoms with E-state index in [2.05, 4.69) is 17.6 Å². The Morgan fingerprint density at radius 2 is 1.78 bits per heavy atom. The number of alkyl carbamates (subject to hydrolysis) is 1. The molecule has 6 nitrogen and oxygen atoms in total. The molecule has 27 heavy (non-hydrogen) atoms. The molecule has 0 saturated carbocycles. The Labute approximate surface area is 163 Å². The van der Waals surface area contributed by atoms with Gasteiger partial charge in [0, 0.05) is 6.54 Å². The molecule has 1 rings (SSSR count). The van der Waals surface area contributed by atoms with E-state index in [0.29, 0.717) is 13.2 Å². The average Bonchev–Trinajstić information content (AvgIpc) is 2.60. The molecule has 1 aromatic rings. The summed E-state index contributed by atoms with van der Waals surface area (Å²) >= 11 is 0. The standard InChI is InChI=1S/C21H34N2O4/c1-5-6-7-11-14-22-19(24)18(23-20(25)27-21(2,3)4)16-26-15-17-12-9-8-10-13-17/h8-10,12-13,18H,5-7,11,14-16H2,1-4H3,(H,22,24)(H,23,25)/t18-/m0/s1. The SMILES string of the molecule is CCCCCCNC(=O)[C@H](COCc1ccccc1)NC(=O)OC(C)(C)C. The van der Waals surface area contributed by atoms with Gasteiger partial charge in [-0.15, -0.1) is 0 Å². The molecule has 0 aliphatic heterocycles. The summed E-state index contributed by atoms with van der Waals surface area (Å²) in [6.45, 7) is 8.52. The molecule has 1 aromatic carbocycles. The first-order valence-electron chi connectivity index (χ1n) is 9.70. The van der Waals surface area contributed by atoms with Crippen molar-refractivity contribution in [3.63, 3.8) is 0 Å². The zero-order valence-corrected chi connectivity index (χ0v) is 17.0. The van der Waals surface area contributed by atoms with E-state index in [4.69, 9.17) is 9.47 Å². The van der Waals surface area contributed by atoms with Gasteiger partial charge in [0.15, 0.2) is 0 Å². The Hall–Kier alpha value is -2.08. The topological polar surface area (TPSA) is 76.7 Å². The maximum Gasteiger partial charge on any atom is 0.408 e. The van der Waals surface area contributed by atoms with E-state index in [0.717, 1.165) is 31.2 Å². The minimum atomic E-state index is -0.797. The number of nitrogens with one attached hydrogen (secondary N) is 2. The van der Waals surface area contributed by atoms with Crippen LogP contribution in [0.3, 0.4) is 0 Å². The minimum absolute atomic E-state index is 0.0783. The van der Waals surface area contributed by atoms with Crippen LogP contribution in [0.2, 0.25) is 0 Å². The Morgan fingerprint density at radius 3 is 2.41 bits per heavy atom. The van der Waals surface area contributed by atoms with Crippen LogP contribution in [-0.2, 0) is 20.9 Å². The molecular formula is C21H34N2O4. The van der Waals surface area contributed by atoms with Gasteiger partial charge in [-0.1, -0.05) is 56.5 Å². The summed E-state index contributed by atoms with van der Waals surface area (Å²) in [6.07, 6.45) is 3.66. The summed E-state index contributed by atoms with van der Waals surface area (Å²) in [5, 5.41) is 5.48. The molecule has 2 amide bonds. The summed E-state index contributed by atoms with van der Waals surface area (Å²) in [7, 11) is 0. The molecule has 0 heterocycles. The Balaban J connectivity index is 2.53. The van der Waals surface area contributed by atoms with Crippen molar-refractivity contribution in [2.45, 2.75) is 71.6 Å².